The van der Waals surface area contributed by atoms with Gasteiger partial charge in [0.15, 0.2) is 0 Å². The van der Waals surface area contributed by atoms with E-state index in [0.29, 0.717) is 39.1 Å². The van der Waals surface area contributed by atoms with E-state index in [0.717, 1.165) is 11.3 Å². The van der Waals surface area contributed by atoms with Crippen molar-refractivity contribution in [3.8, 4) is 5.75 Å². The Morgan fingerprint density at radius 2 is 2.07 bits per heavy atom. The molecule has 8 heteroatoms. The molecule has 3 atom stereocenters. The zero-order valence-electron chi connectivity index (χ0n) is 15.9. The second-order valence-corrected chi connectivity index (χ2v) is 7.64. The van der Waals surface area contributed by atoms with E-state index in [4.69, 9.17) is 9.47 Å². The van der Waals surface area contributed by atoms with Crippen molar-refractivity contribution in [1.82, 2.24) is 15.5 Å². The number of aliphatic hydroxyl groups is 2. The molecule has 150 valence electrons. The summed E-state index contributed by atoms with van der Waals surface area (Å²) in [6, 6.07) is 7.55. The average Bonchev–Trinajstić information content (AvgIpc) is 2.94. The molecule has 0 radical (unpaired) electrons. The van der Waals surface area contributed by atoms with E-state index in [9.17, 15) is 15.0 Å². The van der Waals surface area contributed by atoms with Crippen LogP contribution in [0.2, 0.25) is 0 Å². The maximum Gasteiger partial charge on any atom is 0.407 e. The van der Waals surface area contributed by atoms with Gasteiger partial charge >= 0.3 is 6.09 Å². The Morgan fingerprint density at radius 1 is 1.37 bits per heavy atom. The number of hydrogen-bond acceptors (Lipinski definition) is 7. The summed E-state index contributed by atoms with van der Waals surface area (Å²) < 4.78 is 10.6. The van der Waals surface area contributed by atoms with Crippen LogP contribution < -0.4 is 15.4 Å². The molecule has 2 saturated heterocycles. The molecule has 0 unspecified atom stereocenters. The first kappa shape index (κ1) is 19.9. The molecule has 4 N–H and O–H groups in total. The summed E-state index contributed by atoms with van der Waals surface area (Å²) in [5, 5.41) is 25.8. The van der Waals surface area contributed by atoms with E-state index in [-0.39, 0.29) is 6.04 Å². The molecule has 1 aromatic carbocycles. The fraction of sp³-hybridized carbons (Fsp3) is 0.632. The fourth-order valence-electron chi connectivity index (χ4n) is 3.69. The third kappa shape index (κ3) is 5.32. The van der Waals surface area contributed by atoms with Crippen LogP contribution in [-0.4, -0.2) is 84.9 Å². The molecule has 0 spiro atoms. The van der Waals surface area contributed by atoms with Gasteiger partial charge in [0, 0.05) is 32.7 Å². The van der Waals surface area contributed by atoms with Gasteiger partial charge in [-0.25, -0.2) is 4.79 Å². The number of carbonyl (C=O) groups excluding carboxylic acids is 1. The number of methoxy groups -OCH3 is 1. The number of amides is 1. The van der Waals surface area contributed by atoms with Gasteiger partial charge < -0.3 is 30.3 Å². The van der Waals surface area contributed by atoms with Crippen LogP contribution in [0.3, 0.4) is 0 Å². The minimum atomic E-state index is -0.732. The summed E-state index contributed by atoms with van der Waals surface area (Å²) in [5.74, 6) is 0.786. The molecular formula is C19H29N3O5. The zero-order chi connectivity index (χ0) is 19.4. The first-order chi connectivity index (χ1) is 12.9. The van der Waals surface area contributed by atoms with Crippen LogP contribution in [-0.2, 0) is 11.2 Å². The lowest BCUT2D eigenvalue weighted by atomic mass is 9.97. The number of benzene rings is 1. The molecule has 2 fully saturated rings. The molecule has 0 bridgehead atoms. The monoisotopic (exact) mass is 379 g/mol. The minimum absolute atomic E-state index is 0.148. The highest BCUT2D eigenvalue weighted by Gasteiger charge is 2.38. The van der Waals surface area contributed by atoms with Crippen molar-refractivity contribution in [2.75, 3.05) is 39.8 Å². The van der Waals surface area contributed by atoms with Crippen LogP contribution in [0.4, 0.5) is 4.79 Å². The third-order valence-corrected chi connectivity index (χ3v) is 5.05. The molecule has 3 rings (SSSR count). The van der Waals surface area contributed by atoms with E-state index in [1.165, 1.54) is 0 Å². The Bertz CT molecular complexity index is 629. The number of β-amino-alcohol motifs (C(OH)–C–C–N with tert-alkyl or cyclic N) is 2. The molecule has 2 aliphatic heterocycles. The number of alkyl carbamates (subject to hydrolysis) is 1. The van der Waals surface area contributed by atoms with Gasteiger partial charge in [-0.1, -0.05) is 12.1 Å². The number of nitrogens with zero attached hydrogens (tertiary/aromatic N) is 1. The number of carbonyl (C=O) groups is 1. The van der Waals surface area contributed by atoms with Crippen molar-refractivity contribution in [3.63, 3.8) is 0 Å². The highest BCUT2D eigenvalue weighted by molar-refractivity contribution is 5.67. The average molecular weight is 379 g/mol. The van der Waals surface area contributed by atoms with Crippen molar-refractivity contribution in [2.45, 2.75) is 37.2 Å². The lowest BCUT2D eigenvalue weighted by molar-refractivity contribution is -0.0821. The van der Waals surface area contributed by atoms with Crippen LogP contribution in [0.5, 0.6) is 5.75 Å². The number of likely N-dealkylation sites (tertiary alicyclic amines) is 1. The standard InChI is InChI=1S/C19H29N3O5/c1-19(25)11-22(12-19)8-7-20-18(24)27-17-15(21-10-16(17)23)9-13-3-5-14(26-2)6-4-13/h3-6,15-17,21,23,25H,7-12H2,1-2H3,(H,20,24)/t15-,16+,17+/m1/s1. The summed E-state index contributed by atoms with van der Waals surface area (Å²) in [6.07, 6.45) is -1.22. The predicted molar refractivity (Wildman–Crippen MR) is 99.8 cm³/mol. The first-order valence-corrected chi connectivity index (χ1v) is 9.30. The quantitative estimate of drug-likeness (QED) is 0.517. The van der Waals surface area contributed by atoms with Crippen LogP contribution in [0.15, 0.2) is 24.3 Å². The molecule has 2 aliphatic rings. The van der Waals surface area contributed by atoms with Gasteiger partial charge in [-0.2, -0.15) is 0 Å². The molecule has 0 aliphatic carbocycles. The number of rotatable bonds is 7. The summed E-state index contributed by atoms with van der Waals surface area (Å²) in [5.41, 5.74) is 0.454. The molecular weight excluding hydrogens is 350 g/mol. The molecule has 2 heterocycles. The van der Waals surface area contributed by atoms with Crippen LogP contribution in [0, 0.1) is 0 Å². The smallest absolute Gasteiger partial charge is 0.407 e. The summed E-state index contributed by atoms with van der Waals surface area (Å²) >= 11 is 0. The van der Waals surface area contributed by atoms with E-state index < -0.39 is 23.9 Å². The SMILES string of the molecule is COc1ccc(C[C@H]2NC[C@H](O)[C@H]2OC(=O)NCCN2CC(C)(O)C2)cc1. The van der Waals surface area contributed by atoms with Crippen molar-refractivity contribution >= 4 is 6.09 Å². The van der Waals surface area contributed by atoms with Crippen LogP contribution >= 0.6 is 0 Å². The molecule has 27 heavy (non-hydrogen) atoms. The van der Waals surface area contributed by atoms with Crippen LogP contribution in [0.25, 0.3) is 0 Å². The van der Waals surface area contributed by atoms with E-state index in [1.807, 2.05) is 24.3 Å². The van der Waals surface area contributed by atoms with Crippen molar-refractivity contribution in [2.24, 2.45) is 0 Å². The Morgan fingerprint density at radius 3 is 2.70 bits per heavy atom. The van der Waals surface area contributed by atoms with Gasteiger partial charge in [0.2, 0.25) is 0 Å². The summed E-state index contributed by atoms with van der Waals surface area (Å²) in [4.78, 5) is 14.1. The third-order valence-electron chi connectivity index (χ3n) is 5.05. The molecule has 0 saturated carbocycles. The molecule has 0 aromatic heterocycles. The second-order valence-electron chi connectivity index (χ2n) is 7.64. The van der Waals surface area contributed by atoms with Crippen LogP contribution in [0.1, 0.15) is 12.5 Å². The number of hydrogen-bond donors (Lipinski definition) is 4. The van der Waals surface area contributed by atoms with Gasteiger partial charge in [0.25, 0.3) is 0 Å². The Balaban J connectivity index is 1.44. The Kier molecular flexibility index (Phi) is 6.21. The van der Waals surface area contributed by atoms with E-state index >= 15 is 0 Å². The molecule has 8 nitrogen and oxygen atoms in total. The minimum Gasteiger partial charge on any atom is -0.497 e. The molecule has 1 amide bonds. The maximum atomic E-state index is 12.1. The zero-order valence-corrected chi connectivity index (χ0v) is 15.9. The summed E-state index contributed by atoms with van der Waals surface area (Å²) in [6.45, 7) is 4.50. The molecule has 1 aromatic rings. The lowest BCUT2D eigenvalue weighted by Crippen LogP contribution is -2.61. The lowest BCUT2D eigenvalue weighted by Gasteiger charge is -2.44. The second kappa shape index (κ2) is 8.43. The normalized spacial score (nSPS) is 27.0. The number of ether oxygens (including phenoxy) is 2. The number of aliphatic hydroxyl groups excluding tert-OH is 1. The largest absolute Gasteiger partial charge is 0.497 e. The first-order valence-electron chi connectivity index (χ1n) is 9.30. The van der Waals surface area contributed by atoms with E-state index in [2.05, 4.69) is 15.5 Å². The van der Waals surface area contributed by atoms with E-state index in [1.54, 1.807) is 14.0 Å². The van der Waals surface area contributed by atoms with Gasteiger partial charge in [-0.15, -0.1) is 0 Å². The Labute approximate surface area is 159 Å². The van der Waals surface area contributed by atoms with Crippen molar-refractivity contribution in [1.29, 1.82) is 0 Å². The predicted octanol–water partition coefficient (Wildman–Crippen LogP) is -0.268. The van der Waals surface area contributed by atoms with Gasteiger partial charge in [0.1, 0.15) is 18.0 Å². The van der Waals surface area contributed by atoms with Gasteiger partial charge in [-0.05, 0) is 31.0 Å². The highest BCUT2D eigenvalue weighted by Crippen LogP contribution is 2.20. The maximum absolute atomic E-state index is 12.1. The van der Waals surface area contributed by atoms with Gasteiger partial charge in [-0.3, -0.25) is 4.90 Å². The topological polar surface area (TPSA) is 103 Å². The fourth-order valence-corrected chi connectivity index (χ4v) is 3.69. The van der Waals surface area contributed by atoms with Gasteiger partial charge in [0.05, 0.1) is 18.8 Å². The van der Waals surface area contributed by atoms with Crippen molar-refractivity contribution < 1.29 is 24.5 Å². The summed E-state index contributed by atoms with van der Waals surface area (Å²) in [7, 11) is 1.62. The Hall–Kier alpha value is -1.87. The highest BCUT2D eigenvalue weighted by atomic mass is 16.6. The van der Waals surface area contributed by atoms with Crippen molar-refractivity contribution in [3.05, 3.63) is 29.8 Å². The number of nitrogens with one attached hydrogen (secondary N) is 2.